The fraction of sp³-hybridized carbons (Fsp3) is 0.160. The molecule has 0 spiro atoms. The normalized spacial score (nSPS) is 10.3. The molecule has 3 rings (SSSR count). The summed E-state index contributed by atoms with van der Waals surface area (Å²) in [5.74, 6) is 0.0672. The van der Waals surface area contributed by atoms with Crippen LogP contribution in [0.4, 0.5) is 11.4 Å². The van der Waals surface area contributed by atoms with Crippen molar-refractivity contribution in [2.24, 2.45) is 0 Å². The van der Waals surface area contributed by atoms with E-state index < -0.39 is 11.9 Å². The number of carbonyl (C=O) groups excluding carboxylic acids is 3. The largest absolute Gasteiger partial charge is 0.457 e. The number of carbonyl (C=O) groups is 3. The molecular formula is C25H22BrClN2O5. The van der Waals surface area contributed by atoms with Crippen molar-refractivity contribution in [1.29, 1.82) is 0 Å². The van der Waals surface area contributed by atoms with Gasteiger partial charge >= 0.3 is 5.97 Å². The third kappa shape index (κ3) is 8.88. The molecule has 0 heterocycles. The fourth-order valence-electron chi connectivity index (χ4n) is 2.81. The maximum absolute atomic E-state index is 12.1. The Bertz CT molecular complexity index is 1120. The second-order valence-corrected chi connectivity index (χ2v) is 8.55. The van der Waals surface area contributed by atoms with Crippen molar-refractivity contribution in [3.8, 4) is 11.5 Å². The van der Waals surface area contributed by atoms with Crippen LogP contribution in [0.1, 0.15) is 19.3 Å². The first-order chi connectivity index (χ1) is 16.4. The quantitative estimate of drug-likeness (QED) is 0.297. The first kappa shape index (κ1) is 25.3. The first-order valence-corrected chi connectivity index (χ1v) is 11.6. The zero-order valence-electron chi connectivity index (χ0n) is 18.1. The summed E-state index contributed by atoms with van der Waals surface area (Å²) in [5.41, 5.74) is 1.21. The summed E-state index contributed by atoms with van der Waals surface area (Å²) >= 11 is 9.17. The Morgan fingerprint density at radius 1 is 0.735 bits per heavy atom. The molecule has 0 saturated carbocycles. The van der Waals surface area contributed by atoms with Crippen LogP contribution in [0, 0.1) is 0 Å². The van der Waals surface area contributed by atoms with Crippen LogP contribution in [-0.2, 0) is 19.1 Å². The van der Waals surface area contributed by atoms with Crippen molar-refractivity contribution in [3.05, 3.63) is 82.3 Å². The number of hydrogen-bond acceptors (Lipinski definition) is 5. The second-order valence-electron chi connectivity index (χ2n) is 7.20. The van der Waals surface area contributed by atoms with Gasteiger partial charge in [0.1, 0.15) is 11.5 Å². The topological polar surface area (TPSA) is 93.7 Å². The average Bonchev–Trinajstić information content (AvgIpc) is 2.82. The second kappa shape index (κ2) is 12.8. The molecule has 0 aliphatic heterocycles. The average molecular weight is 546 g/mol. The maximum Gasteiger partial charge on any atom is 0.306 e. The number of halogens is 2. The van der Waals surface area contributed by atoms with E-state index in [1.807, 2.05) is 0 Å². The number of esters is 1. The third-order valence-electron chi connectivity index (χ3n) is 4.46. The van der Waals surface area contributed by atoms with E-state index in [0.717, 1.165) is 4.47 Å². The Labute approximate surface area is 210 Å². The summed E-state index contributed by atoms with van der Waals surface area (Å²) in [6.45, 7) is -0.383. The van der Waals surface area contributed by atoms with E-state index in [9.17, 15) is 14.4 Å². The Kier molecular flexibility index (Phi) is 9.49. The molecule has 2 amide bonds. The zero-order valence-corrected chi connectivity index (χ0v) is 20.4. The fourth-order valence-corrected chi connectivity index (χ4v) is 3.20. The van der Waals surface area contributed by atoms with Gasteiger partial charge in [-0.2, -0.15) is 0 Å². The van der Waals surface area contributed by atoms with E-state index in [-0.39, 0.29) is 25.4 Å². The molecule has 7 nitrogen and oxygen atoms in total. The van der Waals surface area contributed by atoms with Crippen LogP contribution in [0.5, 0.6) is 11.5 Å². The van der Waals surface area contributed by atoms with Gasteiger partial charge in [0.15, 0.2) is 6.61 Å². The lowest BCUT2D eigenvalue weighted by atomic mass is 10.2. The Hall–Kier alpha value is -3.36. The van der Waals surface area contributed by atoms with Crippen LogP contribution in [0.2, 0.25) is 5.02 Å². The molecule has 3 aromatic rings. The standard InChI is InChI=1S/C25H22BrClN2O5/c26-17-4-8-19(9-5-17)29-24(31)16-33-25(32)3-1-2-23(30)28-20-10-14-22(15-11-20)34-21-12-6-18(27)7-13-21/h4-15H,1-3,16H2,(H,28,30)(H,29,31). The number of rotatable bonds is 10. The Balaban J connectivity index is 1.32. The van der Waals surface area contributed by atoms with Crippen LogP contribution in [0.3, 0.4) is 0 Å². The van der Waals surface area contributed by atoms with Gasteiger partial charge < -0.3 is 20.1 Å². The summed E-state index contributed by atoms with van der Waals surface area (Å²) in [6.07, 6.45) is 0.479. The minimum absolute atomic E-state index is 0.0346. The molecule has 2 N–H and O–H groups in total. The molecule has 0 atom stereocenters. The minimum atomic E-state index is -0.539. The highest BCUT2D eigenvalue weighted by molar-refractivity contribution is 9.10. The molecule has 0 radical (unpaired) electrons. The summed E-state index contributed by atoms with van der Waals surface area (Å²) in [5, 5.41) is 6.02. The summed E-state index contributed by atoms with van der Waals surface area (Å²) in [7, 11) is 0. The minimum Gasteiger partial charge on any atom is -0.457 e. The predicted molar refractivity (Wildman–Crippen MR) is 134 cm³/mol. The van der Waals surface area contributed by atoms with Gasteiger partial charge in [0.05, 0.1) is 0 Å². The van der Waals surface area contributed by atoms with Crippen molar-refractivity contribution in [2.75, 3.05) is 17.2 Å². The first-order valence-electron chi connectivity index (χ1n) is 10.4. The molecule has 0 aliphatic rings. The molecular weight excluding hydrogens is 524 g/mol. The number of ether oxygens (including phenoxy) is 2. The van der Waals surface area contributed by atoms with E-state index in [2.05, 4.69) is 26.6 Å². The van der Waals surface area contributed by atoms with Crippen LogP contribution in [0.15, 0.2) is 77.3 Å². The number of nitrogens with one attached hydrogen (secondary N) is 2. The molecule has 0 bridgehead atoms. The van der Waals surface area contributed by atoms with Crippen molar-refractivity contribution in [2.45, 2.75) is 19.3 Å². The van der Waals surface area contributed by atoms with E-state index in [4.69, 9.17) is 21.1 Å². The van der Waals surface area contributed by atoms with Crippen molar-refractivity contribution in [1.82, 2.24) is 0 Å². The van der Waals surface area contributed by atoms with Gasteiger partial charge in [0, 0.05) is 33.7 Å². The monoisotopic (exact) mass is 544 g/mol. The number of anilines is 2. The highest BCUT2D eigenvalue weighted by atomic mass is 79.9. The highest BCUT2D eigenvalue weighted by Gasteiger charge is 2.10. The van der Waals surface area contributed by atoms with Crippen molar-refractivity contribution >= 4 is 56.7 Å². The SMILES string of the molecule is O=C(CCCC(=O)OCC(=O)Nc1ccc(Br)cc1)Nc1ccc(Oc2ccc(Cl)cc2)cc1. The predicted octanol–water partition coefficient (Wildman–Crippen LogP) is 6.19. The van der Waals surface area contributed by atoms with Crippen molar-refractivity contribution in [3.63, 3.8) is 0 Å². The van der Waals surface area contributed by atoms with E-state index >= 15 is 0 Å². The Morgan fingerprint density at radius 3 is 1.88 bits per heavy atom. The zero-order chi connectivity index (χ0) is 24.3. The number of amides is 2. The lowest BCUT2D eigenvalue weighted by Crippen LogP contribution is -2.21. The van der Waals surface area contributed by atoms with Crippen LogP contribution < -0.4 is 15.4 Å². The van der Waals surface area contributed by atoms with Gasteiger partial charge in [-0.3, -0.25) is 14.4 Å². The van der Waals surface area contributed by atoms with Crippen LogP contribution in [-0.4, -0.2) is 24.4 Å². The summed E-state index contributed by atoms with van der Waals surface area (Å²) in [4.78, 5) is 35.8. The van der Waals surface area contributed by atoms with Gasteiger partial charge in [-0.25, -0.2) is 0 Å². The maximum atomic E-state index is 12.1. The highest BCUT2D eigenvalue weighted by Crippen LogP contribution is 2.24. The molecule has 3 aromatic carbocycles. The van der Waals surface area contributed by atoms with Gasteiger partial charge in [0.2, 0.25) is 5.91 Å². The number of benzene rings is 3. The smallest absolute Gasteiger partial charge is 0.306 e. The van der Waals surface area contributed by atoms with Gasteiger partial charge in [-0.15, -0.1) is 0 Å². The summed E-state index contributed by atoms with van der Waals surface area (Å²) in [6, 6.07) is 20.9. The lowest BCUT2D eigenvalue weighted by molar-refractivity contribution is -0.147. The molecule has 0 aliphatic carbocycles. The van der Waals surface area contributed by atoms with Crippen LogP contribution >= 0.6 is 27.5 Å². The van der Waals surface area contributed by atoms with E-state index in [0.29, 0.717) is 34.3 Å². The molecule has 176 valence electrons. The van der Waals surface area contributed by atoms with Gasteiger partial charge in [0.25, 0.3) is 5.91 Å². The third-order valence-corrected chi connectivity index (χ3v) is 5.25. The van der Waals surface area contributed by atoms with Gasteiger partial charge in [-0.1, -0.05) is 27.5 Å². The van der Waals surface area contributed by atoms with Crippen molar-refractivity contribution < 1.29 is 23.9 Å². The summed E-state index contributed by atoms with van der Waals surface area (Å²) < 4.78 is 11.6. The molecule has 0 aromatic heterocycles. The Morgan fingerprint density at radius 2 is 1.26 bits per heavy atom. The molecule has 9 heteroatoms. The molecule has 34 heavy (non-hydrogen) atoms. The lowest BCUT2D eigenvalue weighted by Gasteiger charge is -2.09. The van der Waals surface area contributed by atoms with Crippen LogP contribution in [0.25, 0.3) is 0 Å². The van der Waals surface area contributed by atoms with Gasteiger partial charge in [-0.05, 0) is 79.2 Å². The molecule has 0 saturated heterocycles. The molecule has 0 unspecified atom stereocenters. The molecule has 0 fully saturated rings. The van der Waals surface area contributed by atoms with E-state index in [1.165, 1.54) is 0 Å². The number of hydrogen-bond donors (Lipinski definition) is 2. The van der Waals surface area contributed by atoms with E-state index in [1.54, 1.807) is 72.8 Å².